The second kappa shape index (κ2) is 5.95. The molecular weight excluding hydrogens is 126 g/mol. The van der Waals surface area contributed by atoms with E-state index in [0.717, 1.165) is 0 Å². The predicted molar refractivity (Wildman–Crippen MR) is 32.0 cm³/mol. The van der Waals surface area contributed by atoms with Crippen LogP contribution < -0.4 is 0 Å². The highest BCUT2D eigenvalue weighted by Crippen LogP contribution is 2.02. The summed E-state index contributed by atoms with van der Waals surface area (Å²) < 4.78 is 27.9. The minimum Gasteiger partial charge on any atom is -0.381 e. The smallest absolute Gasteiger partial charge is 0.0919 e. The van der Waals surface area contributed by atoms with Crippen molar-refractivity contribution in [3.05, 3.63) is 0 Å². The summed E-state index contributed by atoms with van der Waals surface area (Å²) in [4.78, 5) is 0. The molecule has 0 saturated carbocycles. The molecule has 0 aromatic heterocycles. The standard InChI is InChI=1S/C6H12F2O/c1-9-6(2-4-7)3-5-8/h6H,2-5H2,1H3. The summed E-state index contributed by atoms with van der Waals surface area (Å²) >= 11 is 0. The highest BCUT2D eigenvalue weighted by atomic mass is 19.1. The van der Waals surface area contributed by atoms with E-state index in [0.29, 0.717) is 12.8 Å². The summed E-state index contributed by atoms with van der Waals surface area (Å²) in [5.41, 5.74) is 0. The summed E-state index contributed by atoms with van der Waals surface area (Å²) in [6.07, 6.45) is 0.376. The number of halogens is 2. The molecule has 9 heavy (non-hydrogen) atoms. The Bertz CT molecular complexity index is 53.0. The number of hydrogen-bond donors (Lipinski definition) is 0. The topological polar surface area (TPSA) is 9.23 Å². The first-order valence-electron chi connectivity index (χ1n) is 2.99. The van der Waals surface area contributed by atoms with Crippen molar-refractivity contribution in [3.63, 3.8) is 0 Å². The van der Waals surface area contributed by atoms with Crippen molar-refractivity contribution in [2.45, 2.75) is 18.9 Å². The van der Waals surface area contributed by atoms with Crippen molar-refractivity contribution in [1.29, 1.82) is 0 Å². The Labute approximate surface area is 54.0 Å². The lowest BCUT2D eigenvalue weighted by atomic mass is 10.2. The zero-order valence-electron chi connectivity index (χ0n) is 5.57. The molecule has 0 heterocycles. The van der Waals surface area contributed by atoms with Crippen molar-refractivity contribution in [2.24, 2.45) is 0 Å². The predicted octanol–water partition coefficient (Wildman–Crippen LogP) is 1.72. The first-order chi connectivity index (χ1) is 4.35. The van der Waals surface area contributed by atoms with Crippen LogP contribution in [0.3, 0.4) is 0 Å². The van der Waals surface area contributed by atoms with Crippen LogP contribution in [0.4, 0.5) is 8.78 Å². The fraction of sp³-hybridized carbons (Fsp3) is 1.00. The third-order valence-corrected chi connectivity index (χ3v) is 1.20. The maximum absolute atomic E-state index is 11.6. The van der Waals surface area contributed by atoms with Gasteiger partial charge >= 0.3 is 0 Å². The van der Waals surface area contributed by atoms with Gasteiger partial charge in [0, 0.05) is 20.0 Å². The SMILES string of the molecule is COC(CCF)CCF. The van der Waals surface area contributed by atoms with Crippen LogP contribution in [0, 0.1) is 0 Å². The van der Waals surface area contributed by atoms with Crippen LogP contribution in [-0.4, -0.2) is 26.6 Å². The van der Waals surface area contributed by atoms with Gasteiger partial charge in [-0.25, -0.2) is 0 Å². The minimum absolute atomic E-state index is 0.236. The second-order valence-electron chi connectivity index (χ2n) is 1.81. The van der Waals surface area contributed by atoms with E-state index in [1.807, 2.05) is 0 Å². The zero-order chi connectivity index (χ0) is 7.11. The summed E-state index contributed by atoms with van der Waals surface area (Å²) in [7, 11) is 1.47. The van der Waals surface area contributed by atoms with Crippen LogP contribution in [0.25, 0.3) is 0 Å². The van der Waals surface area contributed by atoms with Gasteiger partial charge in [0.05, 0.1) is 19.5 Å². The van der Waals surface area contributed by atoms with Crippen molar-refractivity contribution in [1.82, 2.24) is 0 Å². The number of alkyl halides is 2. The van der Waals surface area contributed by atoms with Gasteiger partial charge in [0.25, 0.3) is 0 Å². The Balaban J connectivity index is 3.18. The molecule has 0 radical (unpaired) electrons. The van der Waals surface area contributed by atoms with E-state index in [1.165, 1.54) is 7.11 Å². The van der Waals surface area contributed by atoms with E-state index >= 15 is 0 Å². The van der Waals surface area contributed by atoms with E-state index in [4.69, 9.17) is 4.74 Å². The molecule has 0 aliphatic heterocycles. The monoisotopic (exact) mass is 138 g/mol. The van der Waals surface area contributed by atoms with Crippen molar-refractivity contribution in [2.75, 3.05) is 20.5 Å². The number of rotatable bonds is 5. The van der Waals surface area contributed by atoms with E-state index in [2.05, 4.69) is 0 Å². The van der Waals surface area contributed by atoms with E-state index < -0.39 is 13.3 Å². The molecule has 0 aromatic carbocycles. The lowest BCUT2D eigenvalue weighted by molar-refractivity contribution is 0.0760. The van der Waals surface area contributed by atoms with Gasteiger partial charge in [0.2, 0.25) is 0 Å². The Kier molecular flexibility index (Phi) is 5.83. The zero-order valence-corrected chi connectivity index (χ0v) is 5.57. The van der Waals surface area contributed by atoms with E-state index in [1.54, 1.807) is 0 Å². The molecule has 1 nitrogen and oxygen atoms in total. The molecule has 0 amide bonds. The Morgan fingerprint density at radius 1 is 1.22 bits per heavy atom. The Morgan fingerprint density at radius 2 is 1.67 bits per heavy atom. The van der Waals surface area contributed by atoms with Gasteiger partial charge in [-0.1, -0.05) is 0 Å². The average Bonchev–Trinajstić information content (AvgIpc) is 1.88. The Morgan fingerprint density at radius 3 is 1.89 bits per heavy atom. The molecule has 0 unspecified atom stereocenters. The molecule has 0 fully saturated rings. The maximum Gasteiger partial charge on any atom is 0.0919 e. The maximum atomic E-state index is 11.6. The molecule has 0 atom stereocenters. The third kappa shape index (κ3) is 4.33. The lowest BCUT2D eigenvalue weighted by Crippen LogP contribution is -2.11. The van der Waals surface area contributed by atoms with Crippen LogP contribution in [0.15, 0.2) is 0 Å². The van der Waals surface area contributed by atoms with Gasteiger partial charge in [-0.05, 0) is 0 Å². The fourth-order valence-corrected chi connectivity index (χ4v) is 0.623. The minimum atomic E-state index is -0.432. The molecule has 0 saturated heterocycles. The number of ether oxygens (including phenoxy) is 1. The number of hydrogen-bond acceptors (Lipinski definition) is 1. The van der Waals surface area contributed by atoms with Crippen molar-refractivity contribution >= 4 is 0 Å². The molecule has 0 rings (SSSR count). The summed E-state index contributed by atoms with van der Waals surface area (Å²) in [5, 5.41) is 0. The van der Waals surface area contributed by atoms with Gasteiger partial charge in [0.1, 0.15) is 0 Å². The fourth-order valence-electron chi connectivity index (χ4n) is 0.623. The summed E-state index contributed by atoms with van der Waals surface area (Å²) in [6, 6.07) is 0. The average molecular weight is 138 g/mol. The molecule has 0 N–H and O–H groups in total. The van der Waals surface area contributed by atoms with Crippen LogP contribution >= 0.6 is 0 Å². The van der Waals surface area contributed by atoms with Gasteiger partial charge < -0.3 is 4.74 Å². The van der Waals surface area contributed by atoms with Crippen molar-refractivity contribution < 1.29 is 13.5 Å². The molecule has 3 heteroatoms. The molecule has 0 spiro atoms. The quantitative estimate of drug-likeness (QED) is 0.562. The number of methoxy groups -OCH3 is 1. The lowest BCUT2D eigenvalue weighted by Gasteiger charge is -2.09. The largest absolute Gasteiger partial charge is 0.381 e. The van der Waals surface area contributed by atoms with Gasteiger partial charge in [-0.2, -0.15) is 0 Å². The Hall–Kier alpha value is -0.180. The summed E-state index contributed by atoms with van der Waals surface area (Å²) in [6.45, 7) is -0.864. The molecule has 56 valence electrons. The van der Waals surface area contributed by atoms with Gasteiger partial charge in [-0.3, -0.25) is 8.78 Å². The first kappa shape index (κ1) is 8.82. The van der Waals surface area contributed by atoms with Crippen LogP contribution in [0.5, 0.6) is 0 Å². The molecule has 0 bridgehead atoms. The molecule has 0 aromatic rings. The van der Waals surface area contributed by atoms with Gasteiger partial charge in [-0.15, -0.1) is 0 Å². The van der Waals surface area contributed by atoms with Crippen molar-refractivity contribution in [3.8, 4) is 0 Å². The van der Waals surface area contributed by atoms with Crippen LogP contribution in [-0.2, 0) is 4.74 Å². The molecule has 0 aliphatic carbocycles. The molecular formula is C6H12F2O. The second-order valence-corrected chi connectivity index (χ2v) is 1.81. The van der Waals surface area contributed by atoms with Crippen LogP contribution in [0.1, 0.15) is 12.8 Å². The van der Waals surface area contributed by atoms with E-state index in [9.17, 15) is 8.78 Å². The van der Waals surface area contributed by atoms with Crippen LogP contribution in [0.2, 0.25) is 0 Å². The third-order valence-electron chi connectivity index (χ3n) is 1.20. The highest BCUT2D eigenvalue weighted by molar-refractivity contribution is 4.54. The van der Waals surface area contributed by atoms with E-state index in [-0.39, 0.29) is 6.10 Å². The normalized spacial score (nSPS) is 10.7. The van der Waals surface area contributed by atoms with Gasteiger partial charge in [0.15, 0.2) is 0 Å². The molecule has 0 aliphatic rings. The first-order valence-corrected chi connectivity index (χ1v) is 2.99. The highest BCUT2D eigenvalue weighted by Gasteiger charge is 2.04. The summed E-state index contributed by atoms with van der Waals surface area (Å²) in [5.74, 6) is 0.